The van der Waals surface area contributed by atoms with E-state index in [0.29, 0.717) is 13.0 Å². The zero-order chi connectivity index (χ0) is 45.1. The van der Waals surface area contributed by atoms with Gasteiger partial charge in [-0.2, -0.15) is 0 Å². The van der Waals surface area contributed by atoms with Gasteiger partial charge in [0.05, 0.1) is 56.6 Å². The van der Waals surface area contributed by atoms with Gasteiger partial charge in [0.1, 0.15) is 0 Å². The summed E-state index contributed by atoms with van der Waals surface area (Å²) in [6.07, 6.45) is 14.1. The number of nitrogens with zero attached hydrogens (tertiary/aromatic N) is 4. The van der Waals surface area contributed by atoms with Crippen molar-refractivity contribution in [2.24, 2.45) is 0 Å². The smallest absolute Gasteiger partial charge is 0.292 e. The van der Waals surface area contributed by atoms with Gasteiger partial charge in [0.25, 0.3) is 6.47 Å². The number of benzene rings is 2. The normalized spacial score (nSPS) is 12.4. The minimum absolute atomic E-state index is 0.0303. The SMILES string of the molecule is CC(=O)NCC(=O)N1CCCC1.CCC.CCC.CNCC(=O)N1CCCC1.COC=O.c1ncc(-c2ccc(-c3cc4sc(-c5ccc(-c6cnc[nH]6)cc5)cc4s3)cc2)[nH]1. The van der Waals surface area contributed by atoms with E-state index in [1.165, 1.54) is 70.0 Å². The van der Waals surface area contributed by atoms with Crippen LogP contribution in [-0.4, -0.2) is 107 Å². The molecule has 0 atom stereocenters. The summed E-state index contributed by atoms with van der Waals surface area (Å²) < 4.78 is 6.53. The Morgan fingerprint density at radius 1 is 0.677 bits per heavy atom. The van der Waals surface area contributed by atoms with Crippen LogP contribution in [0.2, 0.25) is 0 Å². The largest absolute Gasteiger partial charge is 0.471 e. The standard InChI is InChI=1S/C24H16N4S2.C8H14N2O2.C7H14N2O.2C3H8.C2H4O2/c1-5-17(6-2-15(1)19-11-25-13-27-19)21-9-23-24(29-21)10-22(30-23)18-7-3-16(4-8-18)20-12-26-14-28-20;1-7(11)9-6-8(12)10-4-2-3-5-10;1-8-6-7(10)9-4-2-3-5-9;2*1-3-2;1-4-2-3/h1-14H,(H,25,27)(H,26,28);2-6H2,1H3,(H,9,11);8H,2-6H2,1H3;2*3H2,1-2H3;2H,1H3. The van der Waals surface area contributed by atoms with E-state index in [2.05, 4.69) is 124 Å². The van der Waals surface area contributed by atoms with Crippen molar-refractivity contribution < 1.29 is 23.9 Å². The number of methoxy groups -OCH3 is 1. The Morgan fingerprint density at radius 3 is 1.34 bits per heavy atom. The van der Waals surface area contributed by atoms with Gasteiger partial charge in [0.2, 0.25) is 17.7 Å². The third-order valence-corrected chi connectivity index (χ3v) is 11.4. The Labute approximate surface area is 374 Å². The van der Waals surface area contributed by atoms with Crippen LogP contribution in [0.5, 0.6) is 0 Å². The fourth-order valence-electron chi connectivity index (χ4n) is 6.08. The highest BCUT2D eigenvalue weighted by Gasteiger charge is 2.18. The van der Waals surface area contributed by atoms with E-state index in [4.69, 9.17) is 4.79 Å². The van der Waals surface area contributed by atoms with Crippen molar-refractivity contribution in [3.8, 4) is 43.4 Å². The molecule has 0 saturated carbocycles. The molecule has 0 unspecified atom stereocenters. The van der Waals surface area contributed by atoms with Gasteiger partial charge in [-0.1, -0.05) is 89.1 Å². The van der Waals surface area contributed by atoms with Gasteiger partial charge in [-0.25, -0.2) is 9.97 Å². The predicted octanol–water partition coefficient (Wildman–Crippen LogP) is 9.27. The molecule has 0 bridgehead atoms. The molecule has 4 aromatic heterocycles. The van der Waals surface area contributed by atoms with Crippen LogP contribution in [0.15, 0.2) is 85.7 Å². The molecular formula is C47H64N8O5S2. The van der Waals surface area contributed by atoms with Gasteiger partial charge in [-0.15, -0.1) is 22.7 Å². The zero-order valence-corrected chi connectivity index (χ0v) is 38.9. The summed E-state index contributed by atoms with van der Waals surface area (Å²) in [5, 5.41) is 5.35. The average Bonchev–Trinajstić information content (AvgIpc) is 4.14. The van der Waals surface area contributed by atoms with Gasteiger partial charge < -0.3 is 35.1 Å². The fourth-order valence-corrected chi connectivity index (χ4v) is 8.49. The van der Waals surface area contributed by atoms with Crippen LogP contribution in [0, 0.1) is 0 Å². The second-order valence-electron chi connectivity index (χ2n) is 14.4. The molecule has 62 heavy (non-hydrogen) atoms. The van der Waals surface area contributed by atoms with E-state index >= 15 is 0 Å². The van der Waals surface area contributed by atoms with Crippen LogP contribution in [-0.2, 0) is 23.9 Å². The van der Waals surface area contributed by atoms with E-state index < -0.39 is 0 Å². The van der Waals surface area contributed by atoms with Crippen LogP contribution >= 0.6 is 22.7 Å². The quantitative estimate of drug-likeness (QED) is 0.104. The first-order valence-corrected chi connectivity index (χ1v) is 22.9. The predicted molar refractivity (Wildman–Crippen MR) is 255 cm³/mol. The highest BCUT2D eigenvalue weighted by atomic mass is 32.1. The number of carbonyl (C=O) groups is 4. The molecule has 0 spiro atoms. The number of carbonyl (C=O) groups excluding carboxylic acids is 4. The lowest BCUT2D eigenvalue weighted by Gasteiger charge is -2.14. The fraction of sp³-hybridized carbons (Fsp3) is 0.404. The number of likely N-dealkylation sites (tertiary alicyclic amines) is 2. The maximum absolute atomic E-state index is 11.3. The molecule has 2 aliphatic heterocycles. The third kappa shape index (κ3) is 17.0. The van der Waals surface area contributed by atoms with Crippen LogP contribution < -0.4 is 10.6 Å². The topological polar surface area (TPSA) is 165 Å². The van der Waals surface area contributed by atoms with Crippen LogP contribution in [0.3, 0.4) is 0 Å². The number of imidazole rings is 2. The van der Waals surface area contributed by atoms with Crippen LogP contribution in [0.25, 0.3) is 52.8 Å². The highest BCUT2D eigenvalue weighted by Crippen LogP contribution is 2.42. The number of likely N-dealkylation sites (N-methyl/N-ethyl adjacent to an activating group) is 1. The molecule has 6 aromatic rings. The number of H-pyrrole nitrogens is 2. The van der Waals surface area contributed by atoms with E-state index in [-0.39, 0.29) is 24.3 Å². The molecule has 2 saturated heterocycles. The molecular weight excluding hydrogens is 821 g/mol. The number of hydrogen-bond acceptors (Lipinski definition) is 10. The van der Waals surface area contributed by atoms with E-state index in [1.807, 2.05) is 40.0 Å². The summed E-state index contributed by atoms with van der Waals surface area (Å²) in [4.78, 5) is 62.6. The number of ether oxygens (including phenoxy) is 1. The molecule has 8 rings (SSSR count). The monoisotopic (exact) mass is 884 g/mol. The summed E-state index contributed by atoms with van der Waals surface area (Å²) in [5.74, 6) is 0.116. The number of aromatic amines is 2. The molecule has 0 aliphatic carbocycles. The molecule has 15 heteroatoms. The van der Waals surface area contributed by atoms with Gasteiger partial charge in [-0.05, 0) is 67.1 Å². The molecule has 2 aliphatic rings. The second kappa shape index (κ2) is 28.8. The summed E-state index contributed by atoms with van der Waals surface area (Å²) in [6.45, 7) is 14.5. The maximum Gasteiger partial charge on any atom is 0.292 e. The van der Waals surface area contributed by atoms with Crippen LogP contribution in [0.4, 0.5) is 0 Å². The summed E-state index contributed by atoms with van der Waals surface area (Å²) in [6, 6.07) is 21.9. The Bertz CT molecular complexity index is 2000. The minimum Gasteiger partial charge on any atom is -0.471 e. The molecule has 4 N–H and O–H groups in total. The first-order valence-electron chi connectivity index (χ1n) is 21.2. The zero-order valence-electron chi connectivity index (χ0n) is 37.3. The summed E-state index contributed by atoms with van der Waals surface area (Å²) >= 11 is 3.69. The second-order valence-corrected chi connectivity index (χ2v) is 16.6. The maximum atomic E-state index is 11.3. The molecule has 2 fully saturated rings. The highest BCUT2D eigenvalue weighted by molar-refractivity contribution is 7.31. The molecule has 3 amide bonds. The van der Waals surface area contributed by atoms with E-state index in [9.17, 15) is 14.4 Å². The van der Waals surface area contributed by atoms with Crippen molar-refractivity contribution in [3.05, 3.63) is 85.7 Å². The Morgan fingerprint density at radius 2 is 1.03 bits per heavy atom. The van der Waals surface area contributed by atoms with E-state index in [0.717, 1.165) is 61.5 Å². The first-order chi connectivity index (χ1) is 30.1. The first kappa shape index (κ1) is 50.7. The van der Waals surface area contributed by atoms with Crippen molar-refractivity contribution in [2.75, 3.05) is 53.4 Å². The Hall–Kier alpha value is -5.64. The number of amides is 3. The Kier molecular flexibility index (Phi) is 23.6. The lowest BCUT2D eigenvalue weighted by atomic mass is 10.1. The molecule has 334 valence electrons. The lowest BCUT2D eigenvalue weighted by Crippen LogP contribution is -2.37. The number of nitrogens with one attached hydrogen (secondary N) is 4. The minimum atomic E-state index is -0.150. The van der Waals surface area contributed by atoms with Crippen LogP contribution in [0.1, 0.15) is 73.1 Å². The average molecular weight is 885 g/mol. The number of aromatic nitrogens is 4. The van der Waals surface area contributed by atoms with Crippen molar-refractivity contribution in [3.63, 3.8) is 0 Å². The third-order valence-electron chi connectivity index (χ3n) is 8.99. The molecule has 2 aromatic carbocycles. The summed E-state index contributed by atoms with van der Waals surface area (Å²) in [5.41, 5.74) is 6.87. The number of rotatable bonds is 9. The molecule has 13 nitrogen and oxygen atoms in total. The number of thiophene rings is 2. The van der Waals surface area contributed by atoms with Gasteiger partial charge in [-0.3, -0.25) is 19.2 Å². The molecule has 6 heterocycles. The van der Waals surface area contributed by atoms with Crippen molar-refractivity contribution in [1.82, 2.24) is 40.4 Å². The van der Waals surface area contributed by atoms with Crippen molar-refractivity contribution in [1.29, 1.82) is 0 Å². The lowest BCUT2D eigenvalue weighted by molar-refractivity contribution is -0.131. The number of fused-ring (bicyclic) bond motifs is 1. The van der Waals surface area contributed by atoms with E-state index in [1.54, 1.807) is 24.6 Å². The Balaban J connectivity index is 0.000000263. The van der Waals surface area contributed by atoms with Gasteiger partial charge >= 0.3 is 0 Å². The van der Waals surface area contributed by atoms with Gasteiger partial charge in [0, 0.05) is 52.3 Å². The van der Waals surface area contributed by atoms with Crippen molar-refractivity contribution in [2.45, 2.75) is 73.1 Å². The van der Waals surface area contributed by atoms with Gasteiger partial charge in [0.15, 0.2) is 0 Å². The summed E-state index contributed by atoms with van der Waals surface area (Å²) in [7, 11) is 3.11. The molecule has 0 radical (unpaired) electrons. The van der Waals surface area contributed by atoms with Crippen molar-refractivity contribution >= 4 is 56.3 Å². The number of hydrogen-bond donors (Lipinski definition) is 4.